The van der Waals surface area contributed by atoms with Crippen LogP contribution < -0.4 is 10.2 Å². The van der Waals surface area contributed by atoms with Crippen molar-refractivity contribution in [3.05, 3.63) is 58.2 Å². The van der Waals surface area contributed by atoms with Gasteiger partial charge in [0.15, 0.2) is 0 Å². The molecule has 2 heterocycles. The summed E-state index contributed by atoms with van der Waals surface area (Å²) in [7, 11) is 1.66. The number of hydrogen-bond donors (Lipinski definition) is 2. The van der Waals surface area contributed by atoms with Crippen LogP contribution in [-0.2, 0) is 28.2 Å². The molecule has 3 aromatic rings. The molecule has 0 saturated carbocycles. The van der Waals surface area contributed by atoms with E-state index in [4.69, 9.17) is 19.6 Å². The van der Waals surface area contributed by atoms with Crippen molar-refractivity contribution in [1.82, 2.24) is 9.97 Å². The number of aryl methyl sites for hydroxylation is 2. The van der Waals surface area contributed by atoms with E-state index in [1.165, 1.54) is 23.3 Å². The molecule has 2 N–H and O–H groups in total. The largest absolute Gasteiger partial charge is 0.390 e. The molecule has 0 amide bonds. The topological polar surface area (TPSA) is 79.7 Å². The maximum Gasteiger partial charge on any atom is 0.298 e. The number of hydrogen-bond acceptors (Lipinski definition) is 7. The molecular weight excluding hydrogens is 497 g/mol. The van der Waals surface area contributed by atoms with Gasteiger partial charge in [0.25, 0.3) is 5.92 Å². The highest BCUT2D eigenvalue weighted by atomic mass is 19.3. The normalized spacial score (nSPS) is 18.6. The van der Waals surface area contributed by atoms with E-state index in [1.54, 1.807) is 14.0 Å². The number of anilines is 2. The summed E-state index contributed by atoms with van der Waals surface area (Å²) in [5, 5.41) is 13.2. The monoisotopic (exact) mass is 530 g/mol. The van der Waals surface area contributed by atoms with Crippen LogP contribution in [0.4, 0.5) is 24.7 Å². The highest BCUT2D eigenvalue weighted by Crippen LogP contribution is 2.40. The van der Waals surface area contributed by atoms with E-state index in [-0.39, 0.29) is 11.7 Å². The average molecular weight is 531 g/mol. The molecular formula is C28H33F3N4O3. The van der Waals surface area contributed by atoms with Gasteiger partial charge in [-0.3, -0.25) is 0 Å². The van der Waals surface area contributed by atoms with E-state index in [2.05, 4.69) is 21.3 Å². The number of nitrogens with one attached hydrogen (secondary N) is 1. The number of aromatic nitrogens is 2. The molecule has 38 heavy (non-hydrogen) atoms. The predicted octanol–water partition coefficient (Wildman–Crippen LogP) is 4.67. The standard InChI is InChI=1S/C28H33F3N4O3/c1-16(19-6-5-9-23(25(19)29)28(30,31)15-36)32-27-22-12-24(35-10-11-38-18(13-35)14-37-3)20-7-4-8-21(20)26(22)33-17(2)34-27/h5-6,9,12,16,18,36H,4,7-8,10-11,13-15H2,1-3H3,(H,32,33,34)/t16-,18?/m1/s1. The average Bonchev–Trinajstić information content (AvgIpc) is 3.39. The highest BCUT2D eigenvalue weighted by Gasteiger charge is 2.35. The molecule has 0 spiro atoms. The van der Waals surface area contributed by atoms with Crippen LogP contribution in [0.25, 0.3) is 10.9 Å². The van der Waals surface area contributed by atoms with Gasteiger partial charge in [0, 0.05) is 36.8 Å². The summed E-state index contributed by atoms with van der Waals surface area (Å²) in [5.74, 6) is -3.62. The zero-order chi connectivity index (χ0) is 27.0. The second kappa shape index (κ2) is 10.7. The third-order valence-corrected chi connectivity index (χ3v) is 7.42. The summed E-state index contributed by atoms with van der Waals surface area (Å²) in [4.78, 5) is 11.7. The first-order valence-corrected chi connectivity index (χ1v) is 13.0. The molecule has 0 radical (unpaired) electrons. The molecule has 2 aromatic carbocycles. The van der Waals surface area contributed by atoms with Crippen LogP contribution in [0.2, 0.25) is 0 Å². The maximum absolute atomic E-state index is 15.2. The number of alkyl halides is 2. The van der Waals surface area contributed by atoms with E-state index in [0.717, 1.165) is 48.5 Å². The van der Waals surface area contributed by atoms with Gasteiger partial charge in [-0.05, 0) is 56.4 Å². The van der Waals surface area contributed by atoms with Crippen molar-refractivity contribution in [3.8, 4) is 0 Å². The van der Waals surface area contributed by atoms with Gasteiger partial charge in [0.05, 0.1) is 36.4 Å². The number of nitrogens with zero attached hydrogens (tertiary/aromatic N) is 3. The van der Waals surface area contributed by atoms with Gasteiger partial charge < -0.3 is 24.8 Å². The summed E-state index contributed by atoms with van der Waals surface area (Å²) in [6, 6.07) is 5.26. The molecule has 1 fully saturated rings. The number of fused-ring (bicyclic) bond motifs is 3. The zero-order valence-electron chi connectivity index (χ0n) is 21.9. The van der Waals surface area contributed by atoms with Gasteiger partial charge in [-0.2, -0.15) is 8.78 Å². The van der Waals surface area contributed by atoms with Crippen molar-refractivity contribution in [2.45, 2.75) is 51.2 Å². The number of benzene rings is 2. The minimum Gasteiger partial charge on any atom is -0.390 e. The van der Waals surface area contributed by atoms with E-state index in [0.29, 0.717) is 31.4 Å². The van der Waals surface area contributed by atoms with Crippen molar-refractivity contribution >= 4 is 22.4 Å². The number of ether oxygens (including phenoxy) is 2. The van der Waals surface area contributed by atoms with Gasteiger partial charge in [-0.1, -0.05) is 12.1 Å². The van der Waals surface area contributed by atoms with Gasteiger partial charge >= 0.3 is 0 Å². The van der Waals surface area contributed by atoms with Crippen LogP contribution in [0.15, 0.2) is 24.3 Å². The quantitative estimate of drug-likeness (QED) is 0.438. The van der Waals surface area contributed by atoms with Crippen molar-refractivity contribution in [1.29, 1.82) is 0 Å². The fourth-order valence-corrected chi connectivity index (χ4v) is 5.61. The summed E-state index contributed by atoms with van der Waals surface area (Å²) in [6.07, 6.45) is 2.88. The number of methoxy groups -OCH3 is 1. The minimum absolute atomic E-state index is 0.0271. The Hall–Kier alpha value is -2.95. The molecule has 10 heteroatoms. The van der Waals surface area contributed by atoms with E-state index < -0.39 is 30.0 Å². The molecule has 5 rings (SSSR count). The molecule has 2 aliphatic rings. The second-order valence-electron chi connectivity index (χ2n) is 10.1. The van der Waals surface area contributed by atoms with Crippen molar-refractivity contribution in [2.75, 3.05) is 50.2 Å². The zero-order valence-corrected chi connectivity index (χ0v) is 21.9. The molecule has 1 aliphatic carbocycles. The molecule has 1 aliphatic heterocycles. The third kappa shape index (κ3) is 4.92. The summed E-state index contributed by atoms with van der Waals surface area (Å²) in [6.45, 7) is 4.61. The number of aliphatic hydroxyl groups excluding tert-OH is 1. The molecule has 1 saturated heterocycles. The Balaban J connectivity index is 1.56. The maximum atomic E-state index is 15.2. The first-order chi connectivity index (χ1) is 18.2. The molecule has 7 nitrogen and oxygen atoms in total. The molecule has 1 aromatic heterocycles. The van der Waals surface area contributed by atoms with Crippen LogP contribution in [0, 0.1) is 12.7 Å². The van der Waals surface area contributed by atoms with E-state index in [9.17, 15) is 8.78 Å². The third-order valence-electron chi connectivity index (χ3n) is 7.42. The molecule has 2 atom stereocenters. The van der Waals surface area contributed by atoms with Gasteiger partial charge in [0.2, 0.25) is 0 Å². The predicted molar refractivity (Wildman–Crippen MR) is 140 cm³/mol. The molecule has 204 valence electrons. The van der Waals surface area contributed by atoms with Crippen LogP contribution in [0.3, 0.4) is 0 Å². The van der Waals surface area contributed by atoms with E-state index >= 15 is 4.39 Å². The molecule has 0 bridgehead atoms. The SMILES string of the molecule is COCC1CN(c2cc3c(N[C@H](C)c4cccc(C(F)(F)CO)c4F)nc(C)nc3c3c2CCC3)CCO1. The molecule has 1 unspecified atom stereocenters. The van der Waals surface area contributed by atoms with Crippen LogP contribution in [0.1, 0.15) is 47.5 Å². The lowest BCUT2D eigenvalue weighted by Gasteiger charge is -2.35. The van der Waals surface area contributed by atoms with Gasteiger partial charge in [0.1, 0.15) is 24.1 Å². The smallest absolute Gasteiger partial charge is 0.298 e. The highest BCUT2D eigenvalue weighted by molar-refractivity contribution is 5.96. The van der Waals surface area contributed by atoms with Crippen molar-refractivity contribution in [3.63, 3.8) is 0 Å². The Kier molecular flexibility index (Phi) is 7.48. The number of aliphatic hydroxyl groups is 1. The number of halogens is 3. The Morgan fingerprint density at radius 1 is 1.26 bits per heavy atom. The van der Waals surface area contributed by atoms with Crippen molar-refractivity contribution < 1.29 is 27.8 Å². The lowest BCUT2D eigenvalue weighted by Crippen LogP contribution is -2.44. The van der Waals surface area contributed by atoms with Crippen molar-refractivity contribution in [2.24, 2.45) is 0 Å². The summed E-state index contributed by atoms with van der Waals surface area (Å²) in [5.41, 5.74) is 3.71. The number of rotatable bonds is 8. The second-order valence-corrected chi connectivity index (χ2v) is 10.1. The van der Waals surface area contributed by atoms with Gasteiger partial charge in [-0.15, -0.1) is 0 Å². The first-order valence-electron chi connectivity index (χ1n) is 13.0. The van der Waals surface area contributed by atoms with E-state index in [1.807, 2.05) is 6.92 Å². The van der Waals surface area contributed by atoms with Crippen LogP contribution in [0.5, 0.6) is 0 Å². The summed E-state index contributed by atoms with van der Waals surface area (Å²) >= 11 is 0. The Morgan fingerprint density at radius 2 is 2.05 bits per heavy atom. The van der Waals surface area contributed by atoms with Crippen LogP contribution >= 0.6 is 0 Å². The minimum atomic E-state index is -3.67. The first kappa shape index (κ1) is 26.6. The Morgan fingerprint density at radius 3 is 2.82 bits per heavy atom. The fraction of sp³-hybridized carbons (Fsp3) is 0.500. The summed E-state index contributed by atoms with van der Waals surface area (Å²) < 4.78 is 54.7. The lowest BCUT2D eigenvalue weighted by atomic mass is 9.99. The lowest BCUT2D eigenvalue weighted by molar-refractivity contribution is -0.0583. The fourth-order valence-electron chi connectivity index (χ4n) is 5.61. The Bertz CT molecular complexity index is 1330. The van der Waals surface area contributed by atoms with Gasteiger partial charge in [-0.25, -0.2) is 14.4 Å². The Labute approximate surface area is 220 Å². The number of morpholine rings is 1. The van der Waals surface area contributed by atoms with Crippen LogP contribution in [-0.4, -0.2) is 61.2 Å².